The fourth-order valence-corrected chi connectivity index (χ4v) is 3.37. The number of carbonyl (C=O) groups excluding carboxylic acids is 2. The molecule has 3 rings (SSSR count). The lowest BCUT2D eigenvalue weighted by atomic mass is 10.0. The number of fused-ring (bicyclic) bond motifs is 1. The van der Waals surface area contributed by atoms with E-state index in [4.69, 9.17) is 12.2 Å². The number of thiocarbonyl (C=S) groups is 1. The van der Waals surface area contributed by atoms with E-state index in [-0.39, 0.29) is 28.9 Å². The minimum atomic E-state index is -0.364. The summed E-state index contributed by atoms with van der Waals surface area (Å²) in [6, 6.07) is 20.9. The van der Waals surface area contributed by atoms with E-state index < -0.39 is 0 Å². The fourth-order valence-electron chi connectivity index (χ4n) is 3.14. The van der Waals surface area contributed by atoms with E-state index in [1.54, 1.807) is 24.3 Å². The fraction of sp³-hybridized carbons (Fsp3) is 0.208. The van der Waals surface area contributed by atoms with Crippen molar-refractivity contribution in [3.63, 3.8) is 0 Å². The van der Waals surface area contributed by atoms with Crippen LogP contribution in [-0.2, 0) is 11.2 Å². The molecule has 0 radical (unpaired) electrons. The summed E-state index contributed by atoms with van der Waals surface area (Å²) in [5.74, 6) is -0.434. The largest absolute Gasteiger partial charge is 0.347 e. The molecule has 30 heavy (non-hydrogen) atoms. The van der Waals surface area contributed by atoms with E-state index in [0.29, 0.717) is 11.3 Å². The van der Waals surface area contributed by atoms with Gasteiger partial charge in [0.25, 0.3) is 5.91 Å². The Bertz CT molecular complexity index is 1100. The summed E-state index contributed by atoms with van der Waals surface area (Å²) in [6.07, 6.45) is 0.204. The SMILES string of the molecule is CC(C)(C)NC(=O)c1ccccc1NC(=S)NC(=O)Cc1cccc2ccccc12. The van der Waals surface area contributed by atoms with Crippen molar-refractivity contribution in [2.45, 2.75) is 32.7 Å². The first-order valence-corrected chi connectivity index (χ1v) is 10.1. The zero-order chi connectivity index (χ0) is 21.7. The lowest BCUT2D eigenvalue weighted by molar-refractivity contribution is -0.119. The molecule has 3 N–H and O–H groups in total. The molecule has 0 saturated heterocycles. The summed E-state index contributed by atoms with van der Waals surface area (Å²) in [6.45, 7) is 5.75. The topological polar surface area (TPSA) is 70.2 Å². The molecule has 0 aromatic heterocycles. The molecule has 0 aliphatic heterocycles. The van der Waals surface area contributed by atoms with Crippen LogP contribution in [0.5, 0.6) is 0 Å². The third-order valence-corrected chi connectivity index (χ3v) is 4.60. The molecule has 3 aromatic carbocycles. The summed E-state index contributed by atoms with van der Waals surface area (Å²) in [7, 11) is 0. The van der Waals surface area contributed by atoms with Crippen molar-refractivity contribution < 1.29 is 9.59 Å². The highest BCUT2D eigenvalue weighted by atomic mass is 32.1. The van der Waals surface area contributed by atoms with Gasteiger partial charge in [0.05, 0.1) is 17.7 Å². The molecule has 0 aliphatic carbocycles. The number of nitrogens with one attached hydrogen (secondary N) is 3. The molecule has 5 nitrogen and oxygen atoms in total. The van der Waals surface area contributed by atoms with Crippen molar-refractivity contribution in [3.05, 3.63) is 77.9 Å². The van der Waals surface area contributed by atoms with Gasteiger partial charge in [-0.25, -0.2) is 0 Å². The Labute approximate surface area is 181 Å². The molecule has 154 valence electrons. The van der Waals surface area contributed by atoms with Crippen molar-refractivity contribution in [3.8, 4) is 0 Å². The summed E-state index contributed by atoms with van der Waals surface area (Å²) >= 11 is 5.31. The highest BCUT2D eigenvalue weighted by molar-refractivity contribution is 7.80. The Morgan fingerprint density at radius 3 is 2.33 bits per heavy atom. The second-order valence-corrected chi connectivity index (χ2v) is 8.48. The number of anilines is 1. The second-order valence-electron chi connectivity index (χ2n) is 8.07. The Kier molecular flexibility index (Phi) is 6.47. The second kappa shape index (κ2) is 9.05. The van der Waals surface area contributed by atoms with Gasteiger partial charge in [0.2, 0.25) is 5.91 Å². The summed E-state index contributed by atoms with van der Waals surface area (Å²) in [5, 5.41) is 10.9. The smallest absolute Gasteiger partial charge is 0.253 e. The van der Waals surface area contributed by atoms with E-state index in [2.05, 4.69) is 16.0 Å². The molecule has 0 fully saturated rings. The van der Waals surface area contributed by atoms with Crippen molar-refractivity contribution >= 4 is 45.6 Å². The van der Waals surface area contributed by atoms with Crippen LogP contribution in [0.3, 0.4) is 0 Å². The predicted octanol–water partition coefficient (Wildman–Crippen LogP) is 4.42. The average molecular weight is 420 g/mol. The maximum Gasteiger partial charge on any atom is 0.253 e. The zero-order valence-electron chi connectivity index (χ0n) is 17.3. The van der Waals surface area contributed by atoms with E-state index in [9.17, 15) is 9.59 Å². The monoisotopic (exact) mass is 419 g/mol. The normalized spacial score (nSPS) is 11.0. The van der Waals surface area contributed by atoms with Gasteiger partial charge in [0.15, 0.2) is 5.11 Å². The summed E-state index contributed by atoms with van der Waals surface area (Å²) in [5.41, 5.74) is 1.56. The van der Waals surface area contributed by atoms with E-state index in [0.717, 1.165) is 16.3 Å². The number of para-hydroxylation sites is 1. The molecule has 3 aromatic rings. The van der Waals surface area contributed by atoms with Crippen LogP contribution in [0.15, 0.2) is 66.7 Å². The van der Waals surface area contributed by atoms with Crippen LogP contribution in [-0.4, -0.2) is 22.5 Å². The highest BCUT2D eigenvalue weighted by Crippen LogP contribution is 2.19. The van der Waals surface area contributed by atoms with Gasteiger partial charge in [-0.2, -0.15) is 0 Å². The molecule has 0 aliphatic rings. The van der Waals surface area contributed by atoms with E-state index >= 15 is 0 Å². The van der Waals surface area contributed by atoms with Crippen molar-refractivity contribution in [1.82, 2.24) is 10.6 Å². The number of hydrogen-bond acceptors (Lipinski definition) is 3. The number of hydrogen-bond donors (Lipinski definition) is 3. The Morgan fingerprint density at radius 1 is 0.900 bits per heavy atom. The number of carbonyl (C=O) groups is 2. The van der Waals surface area contributed by atoms with Gasteiger partial charge >= 0.3 is 0 Å². The van der Waals surface area contributed by atoms with E-state index in [1.807, 2.05) is 63.2 Å². The van der Waals surface area contributed by atoms with Gasteiger partial charge in [-0.3, -0.25) is 9.59 Å². The lowest BCUT2D eigenvalue weighted by Gasteiger charge is -2.21. The lowest BCUT2D eigenvalue weighted by Crippen LogP contribution is -2.41. The third-order valence-electron chi connectivity index (χ3n) is 4.39. The van der Waals surface area contributed by atoms with Crippen molar-refractivity contribution in [2.24, 2.45) is 0 Å². The van der Waals surface area contributed by atoms with Crippen LogP contribution < -0.4 is 16.0 Å². The Hall–Kier alpha value is -3.25. The van der Waals surface area contributed by atoms with Gasteiger partial charge in [-0.1, -0.05) is 54.6 Å². The summed E-state index contributed by atoms with van der Waals surface area (Å²) < 4.78 is 0. The van der Waals surface area contributed by atoms with Crippen molar-refractivity contribution in [2.75, 3.05) is 5.32 Å². The molecule has 0 atom stereocenters. The van der Waals surface area contributed by atoms with Gasteiger partial charge in [-0.05, 0) is 61.5 Å². The quantitative estimate of drug-likeness (QED) is 0.548. The molecular formula is C24H25N3O2S. The number of benzene rings is 3. The Balaban J connectivity index is 1.67. The number of rotatable bonds is 4. The first-order valence-electron chi connectivity index (χ1n) is 9.72. The molecule has 0 spiro atoms. The minimum Gasteiger partial charge on any atom is -0.347 e. The first-order chi connectivity index (χ1) is 14.2. The van der Waals surface area contributed by atoms with Gasteiger partial charge in [0.1, 0.15) is 0 Å². The van der Waals surface area contributed by atoms with Crippen LogP contribution in [0, 0.1) is 0 Å². The standard InChI is InChI=1S/C24H25N3O2S/c1-24(2,3)27-22(29)19-13-6-7-14-20(19)25-23(30)26-21(28)15-17-11-8-10-16-9-4-5-12-18(16)17/h4-14H,15H2,1-3H3,(H,27,29)(H2,25,26,28,30). The van der Waals surface area contributed by atoms with Crippen LogP contribution >= 0.6 is 12.2 Å². The third kappa shape index (κ3) is 5.64. The zero-order valence-corrected chi connectivity index (χ0v) is 18.1. The van der Waals surface area contributed by atoms with Crippen LogP contribution in [0.1, 0.15) is 36.7 Å². The average Bonchev–Trinajstić information content (AvgIpc) is 2.67. The molecule has 0 heterocycles. The van der Waals surface area contributed by atoms with Crippen LogP contribution in [0.4, 0.5) is 5.69 Å². The highest BCUT2D eigenvalue weighted by Gasteiger charge is 2.18. The number of amides is 2. The molecule has 0 saturated carbocycles. The molecule has 0 unspecified atom stereocenters. The molecule has 0 bridgehead atoms. The maximum atomic E-state index is 12.6. The molecule has 2 amide bonds. The first kappa shape index (κ1) is 21.5. The predicted molar refractivity (Wildman–Crippen MR) is 126 cm³/mol. The molecule has 6 heteroatoms. The minimum absolute atomic E-state index is 0.149. The molecular weight excluding hydrogens is 394 g/mol. The van der Waals surface area contributed by atoms with Crippen LogP contribution in [0.2, 0.25) is 0 Å². The Morgan fingerprint density at radius 2 is 1.57 bits per heavy atom. The van der Waals surface area contributed by atoms with Gasteiger partial charge in [-0.15, -0.1) is 0 Å². The summed E-state index contributed by atoms with van der Waals surface area (Å²) in [4.78, 5) is 25.1. The van der Waals surface area contributed by atoms with Crippen LogP contribution in [0.25, 0.3) is 10.8 Å². The van der Waals surface area contributed by atoms with Crippen molar-refractivity contribution in [1.29, 1.82) is 0 Å². The van der Waals surface area contributed by atoms with E-state index in [1.165, 1.54) is 0 Å². The van der Waals surface area contributed by atoms with Gasteiger partial charge in [0, 0.05) is 5.54 Å². The van der Waals surface area contributed by atoms with Gasteiger partial charge < -0.3 is 16.0 Å². The maximum absolute atomic E-state index is 12.6.